The Morgan fingerprint density at radius 2 is 1.85 bits per heavy atom. The highest BCUT2D eigenvalue weighted by molar-refractivity contribution is 7.98. The minimum atomic E-state index is 0.625. The molecule has 0 unspecified atom stereocenters. The zero-order valence-electron chi connectivity index (χ0n) is 14.9. The highest BCUT2D eigenvalue weighted by Crippen LogP contribution is 2.28. The number of aromatic nitrogens is 4. The summed E-state index contributed by atoms with van der Waals surface area (Å²) in [5, 5.41) is 14.3. The van der Waals surface area contributed by atoms with Crippen molar-refractivity contribution in [2.24, 2.45) is 7.05 Å². The maximum atomic E-state index is 5.93. The molecular formula is C20H17ClN4OS. The standard InChI is InChI=1S/C20H17ClN4OS/c1-13-5-3-4-6-17(13)19-22-23-20(25(19)2)27-12-16-11-18(24-26-16)14-7-9-15(21)10-8-14/h3-11H,12H2,1-2H3. The lowest BCUT2D eigenvalue weighted by Crippen LogP contribution is -1.96. The van der Waals surface area contributed by atoms with Crippen LogP contribution in [0.4, 0.5) is 0 Å². The van der Waals surface area contributed by atoms with Crippen molar-refractivity contribution >= 4 is 23.4 Å². The second kappa shape index (κ2) is 7.58. The van der Waals surface area contributed by atoms with E-state index in [-0.39, 0.29) is 0 Å². The fourth-order valence-corrected chi connectivity index (χ4v) is 3.68. The number of thioether (sulfide) groups is 1. The van der Waals surface area contributed by atoms with Gasteiger partial charge in [0, 0.05) is 29.3 Å². The van der Waals surface area contributed by atoms with Crippen molar-refractivity contribution in [2.75, 3.05) is 0 Å². The first kappa shape index (κ1) is 17.8. The Bertz CT molecular complexity index is 1070. The van der Waals surface area contributed by atoms with E-state index in [4.69, 9.17) is 16.1 Å². The normalized spacial score (nSPS) is 11.1. The van der Waals surface area contributed by atoms with Crippen LogP contribution in [0.1, 0.15) is 11.3 Å². The van der Waals surface area contributed by atoms with E-state index in [2.05, 4.69) is 34.4 Å². The topological polar surface area (TPSA) is 56.7 Å². The van der Waals surface area contributed by atoms with Crippen LogP contribution in [-0.2, 0) is 12.8 Å². The van der Waals surface area contributed by atoms with Gasteiger partial charge in [-0.1, -0.05) is 64.9 Å². The summed E-state index contributed by atoms with van der Waals surface area (Å²) in [7, 11) is 1.98. The van der Waals surface area contributed by atoms with Crippen molar-refractivity contribution in [3.63, 3.8) is 0 Å². The smallest absolute Gasteiger partial charge is 0.191 e. The van der Waals surface area contributed by atoms with Crippen LogP contribution in [0.2, 0.25) is 5.02 Å². The zero-order chi connectivity index (χ0) is 18.8. The van der Waals surface area contributed by atoms with Crippen molar-refractivity contribution in [2.45, 2.75) is 17.8 Å². The van der Waals surface area contributed by atoms with Gasteiger partial charge >= 0.3 is 0 Å². The van der Waals surface area contributed by atoms with Crippen LogP contribution in [0.3, 0.4) is 0 Å². The molecule has 2 heterocycles. The molecule has 0 amide bonds. The molecule has 0 aliphatic carbocycles. The molecule has 2 aromatic carbocycles. The Morgan fingerprint density at radius 3 is 2.63 bits per heavy atom. The molecule has 0 saturated heterocycles. The van der Waals surface area contributed by atoms with E-state index in [0.29, 0.717) is 10.8 Å². The maximum Gasteiger partial charge on any atom is 0.191 e. The van der Waals surface area contributed by atoms with Crippen LogP contribution < -0.4 is 0 Å². The first-order valence-electron chi connectivity index (χ1n) is 8.41. The summed E-state index contributed by atoms with van der Waals surface area (Å²) < 4.78 is 7.46. The summed E-state index contributed by atoms with van der Waals surface area (Å²) >= 11 is 7.50. The monoisotopic (exact) mass is 396 g/mol. The van der Waals surface area contributed by atoms with Crippen LogP contribution in [0.15, 0.2) is 64.3 Å². The highest BCUT2D eigenvalue weighted by atomic mass is 35.5. The third kappa shape index (κ3) is 3.77. The van der Waals surface area contributed by atoms with Gasteiger partial charge in [-0.05, 0) is 24.6 Å². The Labute approximate surface area is 166 Å². The van der Waals surface area contributed by atoms with E-state index in [1.54, 1.807) is 11.8 Å². The third-order valence-corrected chi connectivity index (χ3v) is 5.56. The minimum Gasteiger partial charge on any atom is -0.360 e. The molecule has 5 nitrogen and oxygen atoms in total. The molecule has 0 aliphatic rings. The molecule has 0 aliphatic heterocycles. The number of nitrogens with zero attached hydrogens (tertiary/aromatic N) is 4. The van der Waals surface area contributed by atoms with Gasteiger partial charge in [-0.25, -0.2) is 0 Å². The van der Waals surface area contributed by atoms with Crippen molar-refractivity contribution in [3.05, 3.63) is 70.9 Å². The average Bonchev–Trinajstić information content (AvgIpc) is 3.28. The maximum absolute atomic E-state index is 5.93. The molecule has 0 radical (unpaired) electrons. The Morgan fingerprint density at radius 1 is 1.07 bits per heavy atom. The first-order valence-corrected chi connectivity index (χ1v) is 9.78. The average molecular weight is 397 g/mol. The Hall–Kier alpha value is -2.57. The molecule has 2 aromatic heterocycles. The van der Waals surface area contributed by atoms with Crippen LogP contribution in [0.5, 0.6) is 0 Å². The van der Waals surface area contributed by atoms with Gasteiger partial charge in [-0.3, -0.25) is 0 Å². The summed E-state index contributed by atoms with van der Waals surface area (Å²) in [6, 6.07) is 17.6. The van der Waals surface area contributed by atoms with E-state index in [1.807, 2.05) is 54.1 Å². The van der Waals surface area contributed by atoms with Gasteiger partial charge in [-0.2, -0.15) is 0 Å². The summed E-state index contributed by atoms with van der Waals surface area (Å²) in [6.45, 7) is 2.07. The molecule has 4 rings (SSSR count). The fourth-order valence-electron chi connectivity index (χ4n) is 2.77. The van der Waals surface area contributed by atoms with E-state index in [0.717, 1.165) is 33.6 Å². The molecule has 0 bridgehead atoms. The van der Waals surface area contributed by atoms with Gasteiger partial charge in [-0.15, -0.1) is 10.2 Å². The molecule has 0 N–H and O–H groups in total. The van der Waals surface area contributed by atoms with E-state index in [1.165, 1.54) is 5.56 Å². The predicted molar refractivity (Wildman–Crippen MR) is 108 cm³/mol. The second-order valence-corrected chi connectivity index (χ2v) is 7.53. The summed E-state index contributed by atoms with van der Waals surface area (Å²) in [5.74, 6) is 2.26. The lowest BCUT2D eigenvalue weighted by Gasteiger charge is -2.05. The Balaban J connectivity index is 1.49. The van der Waals surface area contributed by atoms with E-state index >= 15 is 0 Å². The van der Waals surface area contributed by atoms with Crippen molar-refractivity contribution in [1.82, 2.24) is 19.9 Å². The van der Waals surface area contributed by atoms with Gasteiger partial charge in [0.15, 0.2) is 11.0 Å². The van der Waals surface area contributed by atoms with Crippen LogP contribution in [0, 0.1) is 6.92 Å². The van der Waals surface area contributed by atoms with Gasteiger partial charge in [0.25, 0.3) is 0 Å². The SMILES string of the molecule is Cc1ccccc1-c1nnc(SCc2cc(-c3ccc(Cl)cc3)no2)n1C. The van der Waals surface area contributed by atoms with Crippen LogP contribution in [0.25, 0.3) is 22.6 Å². The molecular weight excluding hydrogens is 380 g/mol. The van der Waals surface area contributed by atoms with E-state index in [9.17, 15) is 0 Å². The predicted octanol–water partition coefficient (Wildman–Crippen LogP) is 5.39. The number of halogens is 1. The number of aryl methyl sites for hydroxylation is 1. The molecule has 0 spiro atoms. The lowest BCUT2D eigenvalue weighted by atomic mass is 10.1. The van der Waals surface area contributed by atoms with Gasteiger partial charge < -0.3 is 9.09 Å². The molecule has 0 atom stereocenters. The number of rotatable bonds is 5. The number of hydrogen-bond acceptors (Lipinski definition) is 5. The van der Waals surface area contributed by atoms with Crippen molar-refractivity contribution < 1.29 is 4.52 Å². The summed E-state index contributed by atoms with van der Waals surface area (Å²) in [6.07, 6.45) is 0. The number of hydrogen-bond donors (Lipinski definition) is 0. The zero-order valence-corrected chi connectivity index (χ0v) is 16.5. The van der Waals surface area contributed by atoms with Gasteiger partial charge in [0.05, 0.1) is 5.75 Å². The van der Waals surface area contributed by atoms with Crippen molar-refractivity contribution in [1.29, 1.82) is 0 Å². The van der Waals surface area contributed by atoms with Gasteiger partial charge in [0.2, 0.25) is 0 Å². The molecule has 0 fully saturated rings. The minimum absolute atomic E-state index is 0.625. The molecule has 4 aromatic rings. The molecule has 7 heteroatoms. The quantitative estimate of drug-likeness (QED) is 0.423. The highest BCUT2D eigenvalue weighted by Gasteiger charge is 2.14. The van der Waals surface area contributed by atoms with Crippen molar-refractivity contribution in [3.8, 4) is 22.6 Å². The second-order valence-electron chi connectivity index (χ2n) is 6.15. The lowest BCUT2D eigenvalue weighted by molar-refractivity contribution is 0.397. The molecule has 0 saturated carbocycles. The summed E-state index contributed by atoms with van der Waals surface area (Å²) in [5.41, 5.74) is 4.03. The van der Waals surface area contributed by atoms with Crippen LogP contribution in [-0.4, -0.2) is 19.9 Å². The fraction of sp³-hybridized carbons (Fsp3) is 0.150. The molecule has 136 valence electrons. The van der Waals surface area contributed by atoms with Crippen LogP contribution >= 0.6 is 23.4 Å². The Kier molecular flexibility index (Phi) is 5.01. The van der Waals surface area contributed by atoms with E-state index < -0.39 is 0 Å². The first-order chi connectivity index (χ1) is 13.1. The largest absolute Gasteiger partial charge is 0.360 e. The summed E-state index contributed by atoms with van der Waals surface area (Å²) in [4.78, 5) is 0. The number of benzene rings is 2. The third-order valence-electron chi connectivity index (χ3n) is 4.26. The van der Waals surface area contributed by atoms with Gasteiger partial charge in [0.1, 0.15) is 11.5 Å². The molecule has 27 heavy (non-hydrogen) atoms.